The first-order chi connectivity index (χ1) is 7.69. The summed E-state index contributed by atoms with van der Waals surface area (Å²) in [7, 11) is 0. The van der Waals surface area contributed by atoms with Crippen molar-refractivity contribution >= 4 is 0 Å². The zero-order valence-corrected chi connectivity index (χ0v) is 10.8. The molecule has 0 aliphatic heterocycles. The topological polar surface area (TPSA) is 15.3 Å². The lowest BCUT2D eigenvalue weighted by atomic mass is 10.0. The molecular formula is C14H26N2. The fourth-order valence-electron chi connectivity index (χ4n) is 2.04. The molecule has 1 saturated carbocycles. The van der Waals surface area contributed by atoms with Crippen molar-refractivity contribution < 1.29 is 0 Å². The van der Waals surface area contributed by atoms with Gasteiger partial charge in [0.05, 0.1) is 0 Å². The Labute approximate surface area is 100 Å². The third kappa shape index (κ3) is 4.50. The van der Waals surface area contributed by atoms with Crippen molar-refractivity contribution in [3.8, 4) is 0 Å². The highest BCUT2D eigenvalue weighted by Gasteiger charge is 2.25. The first kappa shape index (κ1) is 13.5. The predicted molar refractivity (Wildman–Crippen MR) is 71.6 cm³/mol. The van der Waals surface area contributed by atoms with Gasteiger partial charge in [-0.05, 0) is 18.8 Å². The van der Waals surface area contributed by atoms with Gasteiger partial charge in [0, 0.05) is 31.7 Å². The molecule has 0 radical (unpaired) electrons. The van der Waals surface area contributed by atoms with Gasteiger partial charge in [0.25, 0.3) is 0 Å². The number of nitrogens with zero attached hydrogens (tertiary/aromatic N) is 1. The molecule has 1 aliphatic carbocycles. The maximum absolute atomic E-state index is 3.84. The highest BCUT2D eigenvalue weighted by molar-refractivity contribution is 4.89. The molecule has 0 heterocycles. The second-order valence-electron chi connectivity index (χ2n) is 5.03. The van der Waals surface area contributed by atoms with Crippen molar-refractivity contribution in [1.29, 1.82) is 0 Å². The van der Waals surface area contributed by atoms with Gasteiger partial charge in [-0.15, -0.1) is 13.2 Å². The third-order valence-electron chi connectivity index (χ3n) is 3.16. The van der Waals surface area contributed by atoms with Crippen LogP contribution in [0, 0.1) is 5.92 Å². The number of hydrogen-bond donors (Lipinski definition) is 1. The van der Waals surface area contributed by atoms with Crippen LogP contribution in [0.5, 0.6) is 0 Å². The molecule has 16 heavy (non-hydrogen) atoms. The Morgan fingerprint density at radius 1 is 1.25 bits per heavy atom. The minimum Gasteiger partial charge on any atom is -0.312 e. The van der Waals surface area contributed by atoms with Crippen LogP contribution in [0.4, 0.5) is 0 Å². The van der Waals surface area contributed by atoms with Gasteiger partial charge in [-0.25, -0.2) is 0 Å². The van der Waals surface area contributed by atoms with E-state index in [1.807, 2.05) is 12.2 Å². The highest BCUT2D eigenvalue weighted by Crippen LogP contribution is 2.19. The molecule has 0 amide bonds. The van der Waals surface area contributed by atoms with Crippen LogP contribution >= 0.6 is 0 Å². The summed E-state index contributed by atoms with van der Waals surface area (Å²) in [5.41, 5.74) is 0. The minimum absolute atomic E-state index is 0.580. The zero-order chi connectivity index (χ0) is 12.0. The van der Waals surface area contributed by atoms with Gasteiger partial charge >= 0.3 is 0 Å². The van der Waals surface area contributed by atoms with Crippen molar-refractivity contribution in [3.05, 3.63) is 25.3 Å². The van der Waals surface area contributed by atoms with Crippen molar-refractivity contribution in [2.24, 2.45) is 5.92 Å². The van der Waals surface area contributed by atoms with Crippen LogP contribution in [-0.4, -0.2) is 36.6 Å². The van der Waals surface area contributed by atoms with Gasteiger partial charge in [-0.3, -0.25) is 4.90 Å². The van der Waals surface area contributed by atoms with Crippen molar-refractivity contribution in [1.82, 2.24) is 10.2 Å². The largest absolute Gasteiger partial charge is 0.312 e. The summed E-state index contributed by atoms with van der Waals surface area (Å²) in [4.78, 5) is 2.44. The minimum atomic E-state index is 0.580. The molecule has 1 atom stereocenters. The van der Waals surface area contributed by atoms with Crippen LogP contribution in [0.25, 0.3) is 0 Å². The Hall–Kier alpha value is -0.600. The fourth-order valence-corrected chi connectivity index (χ4v) is 2.04. The molecule has 1 N–H and O–H groups in total. The normalized spacial score (nSPS) is 17.8. The summed E-state index contributed by atoms with van der Waals surface area (Å²) in [6.45, 7) is 15.2. The lowest BCUT2D eigenvalue weighted by Gasteiger charge is -2.33. The lowest BCUT2D eigenvalue weighted by Crippen LogP contribution is -2.46. The molecule has 0 aromatic heterocycles. The van der Waals surface area contributed by atoms with Crippen LogP contribution in [-0.2, 0) is 0 Å². The van der Waals surface area contributed by atoms with Crippen LogP contribution in [0.1, 0.15) is 26.7 Å². The van der Waals surface area contributed by atoms with Gasteiger partial charge in [-0.2, -0.15) is 0 Å². The summed E-state index contributed by atoms with van der Waals surface area (Å²) < 4.78 is 0. The fraction of sp³-hybridized carbons (Fsp3) is 0.714. The molecule has 1 rings (SSSR count). The van der Waals surface area contributed by atoms with Gasteiger partial charge in [-0.1, -0.05) is 26.0 Å². The molecule has 2 nitrogen and oxygen atoms in total. The Morgan fingerprint density at radius 2 is 1.81 bits per heavy atom. The molecule has 1 fully saturated rings. The Bertz CT molecular complexity index is 209. The zero-order valence-electron chi connectivity index (χ0n) is 10.8. The second-order valence-corrected chi connectivity index (χ2v) is 5.03. The van der Waals surface area contributed by atoms with Gasteiger partial charge in [0.1, 0.15) is 0 Å². The maximum Gasteiger partial charge on any atom is 0.0250 e. The van der Waals surface area contributed by atoms with E-state index < -0.39 is 0 Å². The van der Waals surface area contributed by atoms with E-state index in [0.717, 1.165) is 25.7 Å². The SMILES string of the molecule is C=CCN(CC=C)C(CNC1CC1)C(C)C. The van der Waals surface area contributed by atoms with Crippen LogP contribution in [0.2, 0.25) is 0 Å². The first-order valence-corrected chi connectivity index (χ1v) is 6.38. The average molecular weight is 222 g/mol. The van der Waals surface area contributed by atoms with E-state index >= 15 is 0 Å². The summed E-state index contributed by atoms with van der Waals surface area (Å²) in [5, 5.41) is 3.63. The molecule has 0 aromatic rings. The van der Waals surface area contributed by atoms with E-state index in [9.17, 15) is 0 Å². The number of hydrogen-bond acceptors (Lipinski definition) is 2. The highest BCUT2D eigenvalue weighted by atomic mass is 15.2. The quantitative estimate of drug-likeness (QED) is 0.603. The molecule has 0 bridgehead atoms. The van der Waals surface area contributed by atoms with Crippen molar-refractivity contribution in [2.45, 2.75) is 38.8 Å². The van der Waals surface area contributed by atoms with Gasteiger partial charge in [0.2, 0.25) is 0 Å². The molecule has 0 aromatic carbocycles. The Balaban J connectivity index is 2.47. The van der Waals surface area contributed by atoms with E-state index in [2.05, 4.69) is 37.2 Å². The molecule has 0 spiro atoms. The van der Waals surface area contributed by atoms with E-state index in [1.54, 1.807) is 0 Å². The third-order valence-corrected chi connectivity index (χ3v) is 3.16. The Morgan fingerprint density at radius 3 is 2.19 bits per heavy atom. The van der Waals surface area contributed by atoms with Crippen molar-refractivity contribution in [2.75, 3.05) is 19.6 Å². The smallest absolute Gasteiger partial charge is 0.0250 e. The second kappa shape index (κ2) is 6.87. The Kier molecular flexibility index (Phi) is 5.78. The molecule has 0 saturated heterocycles. The van der Waals surface area contributed by atoms with Crippen molar-refractivity contribution in [3.63, 3.8) is 0 Å². The maximum atomic E-state index is 3.84. The van der Waals surface area contributed by atoms with Crippen LogP contribution in [0.3, 0.4) is 0 Å². The van der Waals surface area contributed by atoms with Gasteiger partial charge in [0.15, 0.2) is 0 Å². The van der Waals surface area contributed by atoms with Crippen LogP contribution < -0.4 is 5.32 Å². The summed E-state index contributed by atoms with van der Waals surface area (Å²) >= 11 is 0. The predicted octanol–water partition coefficient (Wildman–Crippen LogP) is 2.44. The summed E-state index contributed by atoms with van der Waals surface area (Å²) in [5.74, 6) is 0.658. The summed E-state index contributed by atoms with van der Waals surface area (Å²) in [6, 6.07) is 1.37. The first-order valence-electron chi connectivity index (χ1n) is 6.38. The standard InChI is InChI=1S/C14H26N2/c1-5-9-16(10-6-2)14(12(3)4)11-15-13-7-8-13/h5-6,12-15H,1-2,7-11H2,3-4H3. The number of nitrogens with one attached hydrogen (secondary N) is 1. The van der Waals surface area contributed by atoms with E-state index in [1.165, 1.54) is 12.8 Å². The summed E-state index contributed by atoms with van der Waals surface area (Å²) in [6.07, 6.45) is 6.67. The number of rotatable bonds is 9. The average Bonchev–Trinajstić information content (AvgIpc) is 3.02. The monoisotopic (exact) mass is 222 g/mol. The molecular weight excluding hydrogens is 196 g/mol. The van der Waals surface area contributed by atoms with E-state index in [4.69, 9.17) is 0 Å². The van der Waals surface area contributed by atoms with Gasteiger partial charge < -0.3 is 5.32 Å². The van der Waals surface area contributed by atoms with E-state index in [-0.39, 0.29) is 0 Å². The lowest BCUT2D eigenvalue weighted by molar-refractivity contribution is 0.184. The molecule has 92 valence electrons. The molecule has 1 aliphatic rings. The molecule has 1 unspecified atom stereocenters. The molecule has 2 heteroatoms. The van der Waals surface area contributed by atoms with Crippen LogP contribution in [0.15, 0.2) is 25.3 Å². The van der Waals surface area contributed by atoms with E-state index in [0.29, 0.717) is 12.0 Å².